The van der Waals surface area contributed by atoms with Gasteiger partial charge in [0.2, 0.25) is 0 Å². The van der Waals surface area contributed by atoms with Crippen LogP contribution >= 0.6 is 15.9 Å². The third-order valence-corrected chi connectivity index (χ3v) is 4.34. The van der Waals surface area contributed by atoms with Gasteiger partial charge in [-0.15, -0.1) is 0 Å². The van der Waals surface area contributed by atoms with Crippen molar-refractivity contribution in [2.45, 2.75) is 25.0 Å². The van der Waals surface area contributed by atoms with E-state index < -0.39 is 11.9 Å². The number of aliphatic hydroxyl groups is 1. The highest BCUT2D eigenvalue weighted by molar-refractivity contribution is 9.10. The van der Waals surface area contributed by atoms with Crippen molar-refractivity contribution in [3.63, 3.8) is 0 Å². The number of hydrogen-bond acceptors (Lipinski definition) is 2. The second-order valence-electron chi connectivity index (χ2n) is 5.23. The highest BCUT2D eigenvalue weighted by atomic mass is 79.9. The molecule has 0 spiro atoms. The molecule has 2 atom stereocenters. The molecule has 1 aliphatic rings. The molecule has 0 aliphatic carbocycles. The lowest BCUT2D eigenvalue weighted by Gasteiger charge is -2.28. The minimum atomic E-state index is -0.890. The third kappa shape index (κ3) is 3.18. The van der Waals surface area contributed by atoms with Crippen LogP contribution in [0, 0.1) is 5.82 Å². The highest BCUT2D eigenvalue weighted by Crippen LogP contribution is 2.35. The maximum atomic E-state index is 13.8. The first-order valence-corrected chi connectivity index (χ1v) is 7.77. The Balaban J connectivity index is 1.82. The Bertz CT molecular complexity index is 644. The number of rotatable bonds is 3. The van der Waals surface area contributed by atoms with Gasteiger partial charge in [0.15, 0.2) is 0 Å². The van der Waals surface area contributed by atoms with E-state index in [9.17, 15) is 9.50 Å². The van der Waals surface area contributed by atoms with Crippen LogP contribution in [0.2, 0.25) is 0 Å². The monoisotopic (exact) mass is 350 g/mol. The molecule has 4 heteroatoms. The quantitative estimate of drug-likeness (QED) is 0.892. The normalized spacial score (nSPS) is 19.1. The van der Waals surface area contributed by atoms with Gasteiger partial charge in [0, 0.05) is 16.5 Å². The molecule has 110 valence electrons. The molecular formula is C17H16BrFO2. The first-order valence-electron chi connectivity index (χ1n) is 6.97. The molecule has 0 aromatic heterocycles. The Labute approximate surface area is 131 Å². The van der Waals surface area contributed by atoms with Crippen LogP contribution in [0.4, 0.5) is 4.39 Å². The topological polar surface area (TPSA) is 29.5 Å². The maximum absolute atomic E-state index is 13.8. The van der Waals surface area contributed by atoms with Crippen molar-refractivity contribution < 1.29 is 14.2 Å². The van der Waals surface area contributed by atoms with Crippen molar-refractivity contribution in [1.29, 1.82) is 0 Å². The van der Waals surface area contributed by atoms with Crippen molar-refractivity contribution in [1.82, 2.24) is 0 Å². The predicted octanol–water partition coefficient (Wildman–Crippen LogP) is 4.33. The summed E-state index contributed by atoms with van der Waals surface area (Å²) in [5, 5.41) is 10.4. The third-order valence-electron chi connectivity index (χ3n) is 3.85. The smallest absolute Gasteiger partial charge is 0.129 e. The molecule has 1 heterocycles. The number of benzene rings is 2. The van der Waals surface area contributed by atoms with Crippen LogP contribution in [-0.2, 0) is 11.2 Å². The number of hydrogen-bond donors (Lipinski definition) is 1. The molecule has 0 saturated heterocycles. The molecule has 0 saturated carbocycles. The molecular weight excluding hydrogens is 335 g/mol. The van der Waals surface area contributed by atoms with Crippen molar-refractivity contribution >= 4 is 15.9 Å². The lowest BCUT2D eigenvalue weighted by atomic mass is 9.92. The predicted molar refractivity (Wildman–Crippen MR) is 82.5 cm³/mol. The summed E-state index contributed by atoms with van der Waals surface area (Å²) in [5.41, 5.74) is 2.64. The molecule has 2 unspecified atom stereocenters. The van der Waals surface area contributed by atoms with Gasteiger partial charge < -0.3 is 9.84 Å². The first-order chi connectivity index (χ1) is 10.1. The minimum absolute atomic E-state index is 0.191. The van der Waals surface area contributed by atoms with Crippen molar-refractivity contribution in [2.75, 3.05) is 6.61 Å². The van der Waals surface area contributed by atoms with E-state index in [1.165, 1.54) is 11.6 Å². The van der Waals surface area contributed by atoms with E-state index in [2.05, 4.69) is 22.0 Å². The molecule has 0 bridgehead atoms. The summed E-state index contributed by atoms with van der Waals surface area (Å²) in [6.07, 6.45) is 0.153. The molecule has 0 radical (unpaired) electrons. The molecule has 2 aromatic carbocycles. The van der Waals surface area contributed by atoms with E-state index in [4.69, 9.17) is 4.74 Å². The second kappa shape index (κ2) is 6.26. The van der Waals surface area contributed by atoms with E-state index >= 15 is 0 Å². The second-order valence-corrected chi connectivity index (χ2v) is 6.14. The summed E-state index contributed by atoms with van der Waals surface area (Å²) in [7, 11) is 0. The van der Waals surface area contributed by atoms with Crippen LogP contribution in [0.15, 0.2) is 46.9 Å². The molecule has 2 aromatic rings. The Hall–Kier alpha value is -1.23. The molecule has 2 nitrogen and oxygen atoms in total. The Morgan fingerprint density at radius 3 is 2.95 bits per heavy atom. The summed E-state index contributed by atoms with van der Waals surface area (Å²) >= 11 is 3.31. The lowest BCUT2D eigenvalue weighted by molar-refractivity contribution is 0.00303. The van der Waals surface area contributed by atoms with Gasteiger partial charge in [0.1, 0.15) is 5.82 Å². The SMILES string of the molecule is OC(CC1OCCc2ccccc21)c1cc(Br)ccc1F. The molecule has 0 amide bonds. The van der Waals surface area contributed by atoms with Gasteiger partial charge in [-0.2, -0.15) is 0 Å². The van der Waals surface area contributed by atoms with Crippen LogP contribution < -0.4 is 0 Å². The van der Waals surface area contributed by atoms with Crippen molar-refractivity contribution in [2.24, 2.45) is 0 Å². The van der Waals surface area contributed by atoms with Crippen molar-refractivity contribution in [3.8, 4) is 0 Å². The Kier molecular flexibility index (Phi) is 4.38. The summed E-state index contributed by atoms with van der Waals surface area (Å²) in [4.78, 5) is 0. The zero-order valence-electron chi connectivity index (χ0n) is 11.4. The number of fused-ring (bicyclic) bond motifs is 1. The van der Waals surface area contributed by atoms with Crippen LogP contribution in [-0.4, -0.2) is 11.7 Å². The molecule has 1 N–H and O–H groups in total. The van der Waals surface area contributed by atoms with E-state index in [1.54, 1.807) is 12.1 Å². The average Bonchev–Trinajstić information content (AvgIpc) is 2.50. The van der Waals surface area contributed by atoms with Gasteiger partial charge in [0.25, 0.3) is 0 Å². The van der Waals surface area contributed by atoms with Crippen LogP contribution in [0.1, 0.15) is 35.3 Å². The van der Waals surface area contributed by atoms with Crippen LogP contribution in [0.25, 0.3) is 0 Å². The highest BCUT2D eigenvalue weighted by Gasteiger charge is 2.25. The summed E-state index contributed by atoms with van der Waals surface area (Å²) in [5.74, 6) is -0.394. The van der Waals surface area contributed by atoms with E-state index in [1.807, 2.05) is 18.2 Å². The standard InChI is InChI=1S/C17H16BrFO2/c18-12-5-6-15(19)14(9-12)16(20)10-17-13-4-2-1-3-11(13)7-8-21-17/h1-6,9,16-17,20H,7-8,10H2. The molecule has 0 fully saturated rings. The molecule has 3 rings (SSSR count). The zero-order chi connectivity index (χ0) is 14.8. The maximum Gasteiger partial charge on any atom is 0.129 e. The fourth-order valence-electron chi connectivity index (χ4n) is 2.77. The summed E-state index contributed by atoms with van der Waals surface area (Å²) in [6.45, 7) is 0.634. The zero-order valence-corrected chi connectivity index (χ0v) is 13.0. The van der Waals surface area contributed by atoms with Crippen LogP contribution in [0.3, 0.4) is 0 Å². The molecule has 21 heavy (non-hydrogen) atoms. The van der Waals surface area contributed by atoms with Gasteiger partial charge in [-0.05, 0) is 35.7 Å². The minimum Gasteiger partial charge on any atom is -0.388 e. The number of ether oxygens (including phenoxy) is 1. The van der Waals surface area contributed by atoms with E-state index in [-0.39, 0.29) is 6.10 Å². The van der Waals surface area contributed by atoms with Gasteiger partial charge in [-0.1, -0.05) is 40.2 Å². The largest absolute Gasteiger partial charge is 0.388 e. The van der Waals surface area contributed by atoms with Gasteiger partial charge >= 0.3 is 0 Å². The fraction of sp³-hybridized carbons (Fsp3) is 0.294. The van der Waals surface area contributed by atoms with E-state index in [0.717, 1.165) is 16.5 Å². The lowest BCUT2D eigenvalue weighted by Crippen LogP contribution is -2.18. The first kappa shape index (κ1) is 14.7. The summed E-state index contributed by atoms with van der Waals surface area (Å²) < 4.78 is 20.4. The van der Waals surface area contributed by atoms with Gasteiger partial charge in [-0.3, -0.25) is 0 Å². The van der Waals surface area contributed by atoms with Gasteiger partial charge in [-0.25, -0.2) is 4.39 Å². The molecule has 1 aliphatic heterocycles. The fourth-order valence-corrected chi connectivity index (χ4v) is 3.15. The average molecular weight is 351 g/mol. The summed E-state index contributed by atoms with van der Waals surface area (Å²) in [6, 6.07) is 12.7. The van der Waals surface area contributed by atoms with E-state index in [0.29, 0.717) is 18.6 Å². The van der Waals surface area contributed by atoms with Crippen molar-refractivity contribution in [3.05, 3.63) is 69.4 Å². The number of aliphatic hydroxyl groups excluding tert-OH is 1. The Morgan fingerprint density at radius 2 is 2.10 bits per heavy atom. The van der Waals surface area contributed by atoms with Gasteiger partial charge in [0.05, 0.1) is 18.8 Å². The Morgan fingerprint density at radius 1 is 1.29 bits per heavy atom. The number of halogens is 2. The van der Waals surface area contributed by atoms with Crippen LogP contribution in [0.5, 0.6) is 0 Å².